The molecule has 0 saturated carbocycles. The Kier molecular flexibility index (Phi) is 6.36. The molecule has 1 N–H and O–H groups in total. The lowest BCUT2D eigenvalue weighted by Gasteiger charge is -2.28. The second kappa shape index (κ2) is 8.75. The Labute approximate surface area is 166 Å². The monoisotopic (exact) mass is 402 g/mol. The molecular formula is C21H26N2O4S. The van der Waals surface area contributed by atoms with Crippen LogP contribution in [0.3, 0.4) is 0 Å². The molecular weight excluding hydrogens is 376 g/mol. The highest BCUT2D eigenvalue weighted by atomic mass is 32.2. The van der Waals surface area contributed by atoms with E-state index in [-0.39, 0.29) is 23.5 Å². The number of nitrogens with zero attached hydrogens (tertiary/aromatic N) is 1. The molecule has 1 aliphatic rings. The zero-order chi connectivity index (χ0) is 20.1. The molecule has 1 heterocycles. The fraction of sp³-hybridized carbons (Fsp3) is 0.381. The molecule has 0 aromatic heterocycles. The summed E-state index contributed by atoms with van der Waals surface area (Å²) in [5, 5.41) is 0. The van der Waals surface area contributed by atoms with Crippen LogP contribution < -0.4 is 9.46 Å². The molecule has 1 atom stereocenters. The van der Waals surface area contributed by atoms with Crippen LogP contribution in [0.25, 0.3) is 0 Å². The highest BCUT2D eigenvalue weighted by Crippen LogP contribution is 2.20. The van der Waals surface area contributed by atoms with Crippen LogP contribution in [0.15, 0.2) is 53.4 Å². The lowest BCUT2D eigenvalue weighted by molar-refractivity contribution is -0.134. The third kappa shape index (κ3) is 4.91. The molecule has 6 nitrogen and oxygen atoms in total. The standard InChI is InChI=1S/C21H26N2O4S/c1-3-16(2)22-28(25,26)20-10-8-19(9-11-20)27-15-21(24)23-13-12-17-6-4-5-7-18(17)14-23/h4-11,16,22H,3,12-15H2,1-2H3/t16-/m1/s1. The summed E-state index contributed by atoms with van der Waals surface area (Å²) in [4.78, 5) is 14.4. The van der Waals surface area contributed by atoms with Gasteiger partial charge in [-0.25, -0.2) is 13.1 Å². The van der Waals surface area contributed by atoms with E-state index in [1.165, 1.54) is 23.3 Å². The van der Waals surface area contributed by atoms with Crippen molar-refractivity contribution in [2.24, 2.45) is 0 Å². The van der Waals surface area contributed by atoms with E-state index in [1.807, 2.05) is 32.0 Å². The van der Waals surface area contributed by atoms with E-state index in [0.717, 1.165) is 6.42 Å². The minimum atomic E-state index is -3.55. The van der Waals surface area contributed by atoms with Gasteiger partial charge in [0.1, 0.15) is 5.75 Å². The van der Waals surface area contributed by atoms with Crippen molar-refractivity contribution in [3.8, 4) is 5.75 Å². The van der Waals surface area contributed by atoms with Crippen molar-refractivity contribution in [1.29, 1.82) is 0 Å². The molecule has 0 fully saturated rings. The van der Waals surface area contributed by atoms with Gasteiger partial charge in [-0.3, -0.25) is 4.79 Å². The van der Waals surface area contributed by atoms with Gasteiger partial charge >= 0.3 is 0 Å². The minimum Gasteiger partial charge on any atom is -0.484 e. The largest absolute Gasteiger partial charge is 0.484 e. The predicted octanol–water partition coefficient (Wildman–Crippen LogP) is 2.73. The zero-order valence-electron chi connectivity index (χ0n) is 16.2. The maximum absolute atomic E-state index is 12.5. The van der Waals surface area contributed by atoms with E-state index in [9.17, 15) is 13.2 Å². The number of benzene rings is 2. The normalized spacial score (nSPS) is 15.0. The number of carbonyl (C=O) groups is 1. The van der Waals surface area contributed by atoms with E-state index in [4.69, 9.17) is 4.74 Å². The van der Waals surface area contributed by atoms with Crippen LogP contribution in [-0.2, 0) is 27.8 Å². The number of amides is 1. The van der Waals surface area contributed by atoms with E-state index < -0.39 is 10.0 Å². The number of rotatable bonds is 7. The van der Waals surface area contributed by atoms with E-state index in [0.29, 0.717) is 25.3 Å². The first-order chi connectivity index (χ1) is 13.4. The van der Waals surface area contributed by atoms with Crippen LogP contribution in [0.4, 0.5) is 0 Å². The predicted molar refractivity (Wildman–Crippen MR) is 108 cm³/mol. The van der Waals surface area contributed by atoms with Crippen molar-refractivity contribution in [3.63, 3.8) is 0 Å². The van der Waals surface area contributed by atoms with Gasteiger partial charge in [-0.05, 0) is 55.2 Å². The number of carbonyl (C=O) groups excluding carboxylic acids is 1. The van der Waals surface area contributed by atoms with Crippen LogP contribution in [0.5, 0.6) is 5.75 Å². The Morgan fingerprint density at radius 2 is 1.82 bits per heavy atom. The van der Waals surface area contributed by atoms with Crippen LogP contribution in [0.2, 0.25) is 0 Å². The maximum Gasteiger partial charge on any atom is 0.260 e. The Balaban J connectivity index is 1.56. The maximum atomic E-state index is 12.5. The van der Waals surface area contributed by atoms with Crippen molar-refractivity contribution in [2.75, 3.05) is 13.2 Å². The molecule has 0 saturated heterocycles. The molecule has 1 aliphatic heterocycles. The minimum absolute atomic E-state index is 0.0701. The molecule has 0 unspecified atom stereocenters. The Morgan fingerprint density at radius 3 is 2.50 bits per heavy atom. The first-order valence-electron chi connectivity index (χ1n) is 9.49. The van der Waals surface area contributed by atoms with Crippen molar-refractivity contribution >= 4 is 15.9 Å². The molecule has 0 radical (unpaired) electrons. The Bertz CT molecular complexity index is 926. The van der Waals surface area contributed by atoms with Gasteiger partial charge in [0.25, 0.3) is 5.91 Å². The summed E-state index contributed by atoms with van der Waals surface area (Å²) >= 11 is 0. The van der Waals surface area contributed by atoms with Gasteiger partial charge in [0.15, 0.2) is 6.61 Å². The van der Waals surface area contributed by atoms with Gasteiger partial charge in [-0.2, -0.15) is 0 Å². The summed E-state index contributed by atoms with van der Waals surface area (Å²) in [5.41, 5.74) is 2.46. The van der Waals surface area contributed by atoms with Gasteiger partial charge in [0.2, 0.25) is 10.0 Å². The summed E-state index contributed by atoms with van der Waals surface area (Å²) in [5.74, 6) is 0.387. The third-order valence-corrected chi connectivity index (χ3v) is 6.55. The van der Waals surface area contributed by atoms with Gasteiger partial charge in [-0.15, -0.1) is 0 Å². The van der Waals surface area contributed by atoms with E-state index >= 15 is 0 Å². The molecule has 150 valence electrons. The summed E-state index contributed by atoms with van der Waals surface area (Å²) in [6.45, 7) is 4.94. The lowest BCUT2D eigenvalue weighted by Crippen LogP contribution is -2.38. The van der Waals surface area contributed by atoms with Crippen molar-refractivity contribution in [2.45, 2.75) is 44.2 Å². The zero-order valence-corrected chi connectivity index (χ0v) is 17.0. The van der Waals surface area contributed by atoms with E-state index in [1.54, 1.807) is 17.0 Å². The number of fused-ring (bicyclic) bond motifs is 1. The number of nitrogens with one attached hydrogen (secondary N) is 1. The fourth-order valence-corrected chi connectivity index (χ4v) is 4.40. The molecule has 2 aromatic rings. The molecule has 7 heteroatoms. The number of hydrogen-bond donors (Lipinski definition) is 1. The molecule has 0 spiro atoms. The summed E-state index contributed by atoms with van der Waals surface area (Å²) < 4.78 is 32.7. The second-order valence-corrected chi connectivity index (χ2v) is 8.74. The quantitative estimate of drug-likeness (QED) is 0.773. The van der Waals surface area contributed by atoms with Gasteiger partial charge in [0.05, 0.1) is 4.90 Å². The van der Waals surface area contributed by atoms with Crippen LogP contribution in [0.1, 0.15) is 31.4 Å². The second-order valence-electron chi connectivity index (χ2n) is 7.02. The average molecular weight is 403 g/mol. The van der Waals surface area contributed by atoms with Gasteiger partial charge < -0.3 is 9.64 Å². The topological polar surface area (TPSA) is 75.7 Å². The molecule has 0 aliphatic carbocycles. The van der Waals surface area contributed by atoms with Crippen LogP contribution >= 0.6 is 0 Å². The number of sulfonamides is 1. The molecule has 1 amide bonds. The molecule has 2 aromatic carbocycles. The first kappa shape index (κ1) is 20.4. The Morgan fingerprint density at radius 1 is 1.14 bits per heavy atom. The first-order valence-corrected chi connectivity index (χ1v) is 11.0. The molecule has 28 heavy (non-hydrogen) atoms. The van der Waals surface area contributed by atoms with Crippen molar-refractivity contribution in [1.82, 2.24) is 9.62 Å². The third-order valence-electron chi connectivity index (χ3n) is 4.95. The van der Waals surface area contributed by atoms with Crippen LogP contribution in [0, 0.1) is 0 Å². The number of hydrogen-bond acceptors (Lipinski definition) is 4. The SMILES string of the molecule is CC[C@@H](C)NS(=O)(=O)c1ccc(OCC(=O)N2CCc3ccccc3C2)cc1. The highest BCUT2D eigenvalue weighted by molar-refractivity contribution is 7.89. The highest BCUT2D eigenvalue weighted by Gasteiger charge is 2.21. The molecule has 3 rings (SSSR count). The van der Waals surface area contributed by atoms with Crippen molar-refractivity contribution in [3.05, 3.63) is 59.7 Å². The molecule has 0 bridgehead atoms. The number of ether oxygens (including phenoxy) is 1. The van der Waals surface area contributed by atoms with Crippen molar-refractivity contribution < 1.29 is 17.9 Å². The Hall–Kier alpha value is -2.38. The fourth-order valence-electron chi connectivity index (χ4n) is 3.08. The van der Waals surface area contributed by atoms with E-state index in [2.05, 4.69) is 10.8 Å². The summed E-state index contributed by atoms with van der Waals surface area (Å²) in [6.07, 6.45) is 1.56. The summed E-state index contributed by atoms with van der Waals surface area (Å²) in [7, 11) is -3.55. The smallest absolute Gasteiger partial charge is 0.260 e. The average Bonchev–Trinajstić information content (AvgIpc) is 2.71. The lowest BCUT2D eigenvalue weighted by atomic mass is 10.00. The van der Waals surface area contributed by atoms with Gasteiger partial charge in [0, 0.05) is 19.1 Å². The van der Waals surface area contributed by atoms with Gasteiger partial charge in [-0.1, -0.05) is 31.2 Å². The summed E-state index contributed by atoms with van der Waals surface area (Å²) in [6, 6.07) is 14.1. The van der Waals surface area contributed by atoms with Crippen LogP contribution in [-0.4, -0.2) is 38.4 Å².